The summed E-state index contributed by atoms with van der Waals surface area (Å²) in [7, 11) is 3.53. The van der Waals surface area contributed by atoms with E-state index in [-0.39, 0.29) is 18.4 Å². The number of aromatic nitrogens is 2. The number of rotatable bonds is 5. The Bertz CT molecular complexity index is 1180. The van der Waals surface area contributed by atoms with E-state index in [2.05, 4.69) is 23.3 Å². The van der Waals surface area contributed by atoms with E-state index >= 15 is 0 Å². The molecule has 2 amide bonds. The van der Waals surface area contributed by atoms with Gasteiger partial charge >= 0.3 is 0 Å². The van der Waals surface area contributed by atoms with Gasteiger partial charge in [0.1, 0.15) is 18.2 Å². The number of amides is 2. The number of carbonyl (C=O) groups excluding carboxylic acids is 2. The molecule has 0 atom stereocenters. The number of thiophene rings is 1. The molecular weight excluding hydrogens is 410 g/mol. The van der Waals surface area contributed by atoms with Gasteiger partial charge in [-0.15, -0.1) is 0 Å². The molecule has 1 fully saturated rings. The third kappa shape index (κ3) is 3.42. The quantitative estimate of drug-likeness (QED) is 0.657. The minimum atomic E-state index is -0.189. The van der Waals surface area contributed by atoms with E-state index < -0.39 is 0 Å². The zero-order valence-corrected chi connectivity index (χ0v) is 18.3. The molecule has 0 spiro atoms. The molecule has 8 heteroatoms. The first-order valence-electron chi connectivity index (χ1n) is 10.2. The highest BCUT2D eigenvalue weighted by Gasteiger charge is 2.39. The summed E-state index contributed by atoms with van der Waals surface area (Å²) in [5.41, 5.74) is 3.44. The van der Waals surface area contributed by atoms with Gasteiger partial charge in [-0.05, 0) is 52.9 Å². The molecule has 1 aliphatic carbocycles. The normalized spacial score (nSPS) is 15.9. The van der Waals surface area contributed by atoms with Crippen molar-refractivity contribution in [1.29, 1.82) is 0 Å². The molecule has 31 heavy (non-hydrogen) atoms. The molecule has 0 saturated heterocycles. The lowest BCUT2D eigenvalue weighted by atomic mass is 10.1. The fourth-order valence-electron chi connectivity index (χ4n) is 3.86. The Morgan fingerprint density at radius 1 is 1.16 bits per heavy atom. The number of anilines is 2. The van der Waals surface area contributed by atoms with E-state index in [0.717, 1.165) is 35.5 Å². The van der Waals surface area contributed by atoms with Crippen molar-refractivity contribution in [3.63, 3.8) is 0 Å². The van der Waals surface area contributed by atoms with Crippen LogP contribution in [0.4, 0.5) is 11.5 Å². The smallest absolute Gasteiger partial charge is 0.279 e. The molecule has 1 aromatic carbocycles. The minimum absolute atomic E-state index is 0.0420. The Hall–Kier alpha value is -3.39. The third-order valence-electron chi connectivity index (χ3n) is 5.85. The molecule has 3 heterocycles. The van der Waals surface area contributed by atoms with Gasteiger partial charge in [-0.1, -0.05) is 18.7 Å². The van der Waals surface area contributed by atoms with Crippen LogP contribution in [0.2, 0.25) is 0 Å². The number of fused-ring (bicyclic) bond motifs is 1. The highest BCUT2D eigenvalue weighted by molar-refractivity contribution is 7.08. The van der Waals surface area contributed by atoms with Crippen molar-refractivity contribution in [3.8, 4) is 11.1 Å². The van der Waals surface area contributed by atoms with Crippen molar-refractivity contribution in [2.45, 2.75) is 25.3 Å². The number of nitrogens with one attached hydrogen (secondary N) is 1. The first-order valence-corrected chi connectivity index (χ1v) is 11.1. The predicted molar refractivity (Wildman–Crippen MR) is 122 cm³/mol. The van der Waals surface area contributed by atoms with Crippen molar-refractivity contribution in [2.24, 2.45) is 0 Å². The van der Waals surface area contributed by atoms with Crippen LogP contribution in [0.1, 0.15) is 35.1 Å². The predicted octanol–water partition coefficient (Wildman–Crippen LogP) is 4.12. The summed E-state index contributed by atoms with van der Waals surface area (Å²) in [6.07, 6.45) is 2.05. The lowest BCUT2D eigenvalue weighted by Gasteiger charge is -2.32. The molecule has 1 N–H and O–H groups in total. The van der Waals surface area contributed by atoms with Crippen molar-refractivity contribution < 1.29 is 9.59 Å². The van der Waals surface area contributed by atoms with Crippen LogP contribution >= 0.6 is 11.3 Å². The highest BCUT2D eigenvalue weighted by Crippen LogP contribution is 2.43. The third-order valence-corrected chi connectivity index (χ3v) is 6.53. The average molecular weight is 434 g/mol. The number of carbonyl (C=O) groups is 2. The van der Waals surface area contributed by atoms with Gasteiger partial charge in [0.05, 0.1) is 0 Å². The van der Waals surface area contributed by atoms with Crippen LogP contribution in [0.5, 0.6) is 0 Å². The summed E-state index contributed by atoms with van der Waals surface area (Å²) in [5.74, 6) is 1.86. The molecule has 2 aromatic heterocycles. The molecule has 3 aromatic rings. The van der Waals surface area contributed by atoms with Crippen LogP contribution in [0, 0.1) is 0 Å². The Morgan fingerprint density at radius 2 is 1.90 bits per heavy atom. The van der Waals surface area contributed by atoms with Gasteiger partial charge in [-0.25, -0.2) is 4.98 Å². The number of benzene rings is 1. The molecule has 158 valence electrons. The van der Waals surface area contributed by atoms with Crippen LogP contribution in [0.15, 0.2) is 53.5 Å². The number of imidazole rings is 1. The Labute approximate surface area is 184 Å². The maximum atomic E-state index is 13.0. The standard InChI is InChI=1S/C23H23N5O2S/c1-14-26(2)22-20(23(30)27(14)3)28(21(25-22)16-4-5-16)12-19(29)24-18-8-6-15(7-9-18)17-10-11-31-13-17/h6-11,13,16H,1,4-5,12H2,2-3H3,(H,24,29). The van der Waals surface area contributed by atoms with Gasteiger partial charge < -0.3 is 14.8 Å². The fourth-order valence-corrected chi connectivity index (χ4v) is 4.52. The molecule has 2 aliphatic rings. The summed E-state index contributed by atoms with van der Waals surface area (Å²) < 4.78 is 1.78. The largest absolute Gasteiger partial charge is 0.325 e. The maximum absolute atomic E-state index is 13.0. The number of hydrogen-bond acceptors (Lipinski definition) is 5. The SMILES string of the molecule is C=C1N(C)C(=O)c2c(nc(C3CC3)n2CC(=O)Nc2ccc(-c3ccsc3)cc2)N1C. The minimum Gasteiger partial charge on any atom is -0.325 e. The number of hydrogen-bond donors (Lipinski definition) is 1. The lowest BCUT2D eigenvalue weighted by molar-refractivity contribution is -0.116. The molecule has 0 unspecified atom stereocenters. The van der Waals surface area contributed by atoms with E-state index in [1.807, 2.05) is 36.7 Å². The van der Waals surface area contributed by atoms with E-state index in [4.69, 9.17) is 4.98 Å². The van der Waals surface area contributed by atoms with Crippen LogP contribution < -0.4 is 10.2 Å². The Morgan fingerprint density at radius 3 is 2.55 bits per heavy atom. The Kier molecular flexibility index (Phi) is 4.66. The Balaban J connectivity index is 1.40. The van der Waals surface area contributed by atoms with Crippen molar-refractivity contribution >= 4 is 34.7 Å². The van der Waals surface area contributed by atoms with Gasteiger partial charge in [-0.2, -0.15) is 11.3 Å². The second-order valence-corrected chi connectivity index (χ2v) is 8.76. The summed E-state index contributed by atoms with van der Waals surface area (Å²) in [4.78, 5) is 33.9. The fraction of sp³-hybridized carbons (Fsp3) is 0.261. The van der Waals surface area contributed by atoms with Crippen LogP contribution in [-0.2, 0) is 11.3 Å². The second kappa shape index (κ2) is 7.39. The van der Waals surface area contributed by atoms with Gasteiger partial charge in [0, 0.05) is 25.7 Å². The first kappa shape index (κ1) is 19.6. The summed E-state index contributed by atoms with van der Waals surface area (Å²) >= 11 is 1.65. The summed E-state index contributed by atoms with van der Waals surface area (Å²) in [6, 6.07) is 9.84. The van der Waals surface area contributed by atoms with E-state index in [9.17, 15) is 9.59 Å². The number of nitrogens with zero attached hydrogens (tertiary/aromatic N) is 4. The molecule has 5 rings (SSSR count). The average Bonchev–Trinajstić information content (AvgIpc) is 3.32. The van der Waals surface area contributed by atoms with Gasteiger partial charge in [0.25, 0.3) is 5.91 Å². The van der Waals surface area contributed by atoms with Crippen LogP contribution in [0.25, 0.3) is 11.1 Å². The van der Waals surface area contributed by atoms with Crippen molar-refractivity contribution in [1.82, 2.24) is 14.5 Å². The molecule has 0 radical (unpaired) electrons. The first-order chi connectivity index (χ1) is 14.9. The lowest BCUT2D eigenvalue weighted by Crippen LogP contribution is -2.41. The van der Waals surface area contributed by atoms with E-state index in [1.165, 1.54) is 4.90 Å². The highest BCUT2D eigenvalue weighted by atomic mass is 32.1. The zero-order valence-electron chi connectivity index (χ0n) is 17.5. The monoisotopic (exact) mass is 433 g/mol. The van der Waals surface area contributed by atoms with E-state index in [1.54, 1.807) is 27.9 Å². The van der Waals surface area contributed by atoms with Gasteiger partial charge in [-0.3, -0.25) is 14.5 Å². The van der Waals surface area contributed by atoms with Crippen molar-refractivity contribution in [3.05, 3.63) is 65.0 Å². The van der Waals surface area contributed by atoms with Gasteiger partial charge in [0.15, 0.2) is 11.5 Å². The zero-order chi connectivity index (χ0) is 21.7. The second-order valence-electron chi connectivity index (χ2n) is 7.98. The maximum Gasteiger partial charge on any atom is 0.279 e. The topological polar surface area (TPSA) is 70.5 Å². The van der Waals surface area contributed by atoms with Crippen molar-refractivity contribution in [2.75, 3.05) is 24.3 Å². The summed E-state index contributed by atoms with van der Waals surface area (Å²) in [6.45, 7) is 4.01. The van der Waals surface area contributed by atoms with Crippen LogP contribution in [-0.4, -0.2) is 40.4 Å². The molecule has 1 aliphatic heterocycles. The van der Waals surface area contributed by atoms with E-state index in [0.29, 0.717) is 23.3 Å². The molecule has 1 saturated carbocycles. The summed E-state index contributed by atoms with van der Waals surface area (Å²) in [5, 5.41) is 7.08. The molecule has 7 nitrogen and oxygen atoms in total. The van der Waals surface area contributed by atoms with Crippen LogP contribution in [0.3, 0.4) is 0 Å². The molecular formula is C23H23N5O2S. The van der Waals surface area contributed by atoms with Gasteiger partial charge in [0.2, 0.25) is 5.91 Å². The molecule has 0 bridgehead atoms.